The summed E-state index contributed by atoms with van der Waals surface area (Å²) in [6.07, 6.45) is 4.35. The molecule has 0 radical (unpaired) electrons. The largest absolute Gasteiger partial charge is 0.390 e. The van der Waals surface area contributed by atoms with Crippen molar-refractivity contribution in [1.29, 1.82) is 0 Å². The van der Waals surface area contributed by atoms with Crippen LogP contribution in [0.4, 0.5) is 8.78 Å². The van der Waals surface area contributed by atoms with E-state index in [-0.39, 0.29) is 36.6 Å². The molecule has 4 aliphatic carbocycles. The number of aliphatic hydroxyl groups is 1. The third-order valence-corrected chi connectivity index (χ3v) is 10.4. The number of ketones is 2. The molecule has 3 saturated carbocycles. The van der Waals surface area contributed by atoms with Crippen molar-refractivity contribution in [2.75, 3.05) is 13.2 Å². The summed E-state index contributed by atoms with van der Waals surface area (Å²) in [6, 6.07) is 0. The number of ether oxygens (including phenoxy) is 3. The minimum Gasteiger partial charge on any atom is -0.390 e. The highest BCUT2D eigenvalue weighted by molar-refractivity contribution is 6.01. The van der Waals surface area contributed by atoms with Crippen LogP contribution in [0.15, 0.2) is 23.8 Å². The van der Waals surface area contributed by atoms with Gasteiger partial charge >= 0.3 is 0 Å². The fourth-order valence-corrected chi connectivity index (χ4v) is 8.70. The minimum absolute atomic E-state index is 0.0511. The Balaban J connectivity index is 1.49. The molecule has 1 N–H and O–H groups in total. The van der Waals surface area contributed by atoms with Crippen molar-refractivity contribution in [3.63, 3.8) is 0 Å². The van der Waals surface area contributed by atoms with Gasteiger partial charge in [0, 0.05) is 23.4 Å². The average molecular weight is 537 g/mol. The lowest BCUT2D eigenvalue weighted by Crippen LogP contribution is -2.71. The Kier molecular flexibility index (Phi) is 6.86. The van der Waals surface area contributed by atoms with E-state index in [1.807, 2.05) is 6.92 Å². The number of Topliss-reactive ketones (excluding diaryl/α,β-unsaturated/α-hetero) is 1. The number of alkyl halides is 2. The third-order valence-electron chi connectivity index (χ3n) is 10.4. The molecule has 1 saturated heterocycles. The van der Waals surface area contributed by atoms with E-state index in [1.165, 1.54) is 18.2 Å². The van der Waals surface area contributed by atoms with Crippen LogP contribution in [0, 0.1) is 22.7 Å². The lowest BCUT2D eigenvalue weighted by molar-refractivity contribution is -0.249. The molecule has 0 aromatic heterocycles. The lowest BCUT2D eigenvalue weighted by atomic mass is 9.44. The molecule has 0 aromatic rings. The molecular formula is C30H42F2O6. The molecule has 1 heterocycles. The van der Waals surface area contributed by atoms with Crippen LogP contribution >= 0.6 is 0 Å². The first-order valence-corrected chi connectivity index (χ1v) is 14.2. The Morgan fingerprint density at radius 1 is 1.16 bits per heavy atom. The predicted molar refractivity (Wildman–Crippen MR) is 137 cm³/mol. The number of allylic oxidation sites excluding steroid dienone is 4. The average Bonchev–Trinajstić information content (AvgIpc) is 3.25. The number of unbranched alkanes of at least 4 members (excludes halogenated alkanes) is 3. The van der Waals surface area contributed by atoms with Gasteiger partial charge < -0.3 is 19.3 Å². The molecule has 0 unspecified atom stereocenters. The van der Waals surface area contributed by atoms with Crippen LogP contribution in [0.25, 0.3) is 0 Å². The van der Waals surface area contributed by atoms with Crippen LogP contribution in [-0.4, -0.2) is 65.3 Å². The van der Waals surface area contributed by atoms with Crippen LogP contribution < -0.4 is 0 Å². The zero-order valence-electron chi connectivity index (χ0n) is 23.2. The Morgan fingerprint density at radius 2 is 1.89 bits per heavy atom. The van der Waals surface area contributed by atoms with Gasteiger partial charge in [-0.1, -0.05) is 39.2 Å². The predicted octanol–water partition coefficient (Wildman–Crippen LogP) is 4.97. The van der Waals surface area contributed by atoms with Crippen molar-refractivity contribution in [3.8, 4) is 0 Å². The molecule has 212 valence electrons. The Hall–Kier alpha value is -1.48. The maximum absolute atomic E-state index is 17.4. The fourth-order valence-electron chi connectivity index (χ4n) is 8.70. The minimum atomic E-state index is -2.21. The Bertz CT molecular complexity index is 1060. The quantitative estimate of drug-likeness (QED) is 0.441. The number of carbonyl (C=O) groups excluding carboxylic acids is 2. The summed E-state index contributed by atoms with van der Waals surface area (Å²) in [6.45, 7) is 9.37. The van der Waals surface area contributed by atoms with Gasteiger partial charge in [0.25, 0.3) is 0 Å². The molecule has 5 aliphatic rings. The maximum Gasteiger partial charge on any atom is 0.193 e. The van der Waals surface area contributed by atoms with Gasteiger partial charge in [-0.05, 0) is 70.1 Å². The standard InChI is InChI=1S/C30H42F2O6/c1-6-7-8-9-12-36-17-24(35)30-25(37-26(2,3)38-30)15-19-20-14-22(31)21-13-18(33)10-11-27(21,4)29(20,32)23(34)16-28(19,30)5/h10-11,13,19-20,22-23,25,34H,6-9,12,14-17H2,1-5H3/t19-,20-,22-,23-,25+,27-,28-,29-,30+/m0/s1. The van der Waals surface area contributed by atoms with E-state index in [2.05, 4.69) is 6.92 Å². The zero-order valence-corrected chi connectivity index (χ0v) is 23.2. The summed E-state index contributed by atoms with van der Waals surface area (Å²) in [4.78, 5) is 26.0. The van der Waals surface area contributed by atoms with Gasteiger partial charge in [0.15, 0.2) is 28.6 Å². The van der Waals surface area contributed by atoms with E-state index in [0.29, 0.717) is 13.0 Å². The molecule has 9 atom stereocenters. The zero-order chi connectivity index (χ0) is 27.7. The van der Waals surface area contributed by atoms with Crippen molar-refractivity contribution in [2.45, 2.75) is 115 Å². The molecule has 0 amide bonds. The topological polar surface area (TPSA) is 82.1 Å². The summed E-state index contributed by atoms with van der Waals surface area (Å²) in [5, 5.41) is 11.6. The molecular weight excluding hydrogens is 494 g/mol. The van der Waals surface area contributed by atoms with Crippen LogP contribution in [-0.2, 0) is 23.8 Å². The SMILES string of the molecule is CCCCCCOCC(=O)[C@@]12OC(C)(C)O[C@@H]1C[C@H]1[C@@H]3C[C@H](F)C4=CC(=O)C=C[C@]4(C)[C@@]3(F)[C@@H](O)C[C@@]12C. The second-order valence-electron chi connectivity index (χ2n) is 13.0. The van der Waals surface area contributed by atoms with Gasteiger partial charge in [0.1, 0.15) is 12.8 Å². The molecule has 5 rings (SSSR count). The highest BCUT2D eigenvalue weighted by atomic mass is 19.1. The van der Waals surface area contributed by atoms with Crippen LogP contribution in [0.5, 0.6) is 0 Å². The van der Waals surface area contributed by atoms with Gasteiger partial charge in [0.05, 0.1) is 12.2 Å². The van der Waals surface area contributed by atoms with Crippen molar-refractivity contribution in [3.05, 3.63) is 23.8 Å². The second-order valence-corrected chi connectivity index (χ2v) is 13.0. The summed E-state index contributed by atoms with van der Waals surface area (Å²) in [5.41, 5.74) is -6.04. The number of fused-ring (bicyclic) bond motifs is 7. The number of halogens is 2. The first-order valence-electron chi connectivity index (χ1n) is 14.2. The van der Waals surface area contributed by atoms with Crippen molar-refractivity contribution < 1.29 is 37.7 Å². The highest BCUT2D eigenvalue weighted by Crippen LogP contribution is 2.72. The summed E-state index contributed by atoms with van der Waals surface area (Å²) in [7, 11) is 0. The first-order chi connectivity index (χ1) is 17.8. The Morgan fingerprint density at radius 3 is 2.61 bits per heavy atom. The molecule has 38 heavy (non-hydrogen) atoms. The fraction of sp³-hybridized carbons (Fsp3) is 0.800. The van der Waals surface area contributed by atoms with E-state index in [0.717, 1.165) is 25.7 Å². The van der Waals surface area contributed by atoms with E-state index >= 15 is 8.78 Å². The van der Waals surface area contributed by atoms with E-state index < -0.39 is 58.1 Å². The summed E-state index contributed by atoms with van der Waals surface area (Å²) in [5.74, 6) is -3.07. The molecule has 0 bridgehead atoms. The number of hydrogen-bond acceptors (Lipinski definition) is 6. The van der Waals surface area contributed by atoms with Gasteiger partial charge in [-0.3, -0.25) is 9.59 Å². The smallest absolute Gasteiger partial charge is 0.193 e. The normalized spacial score (nSPS) is 46.7. The summed E-state index contributed by atoms with van der Waals surface area (Å²) < 4.78 is 51.7. The van der Waals surface area contributed by atoms with Gasteiger partial charge in [-0.15, -0.1) is 0 Å². The van der Waals surface area contributed by atoms with Gasteiger partial charge in [0.2, 0.25) is 0 Å². The summed E-state index contributed by atoms with van der Waals surface area (Å²) >= 11 is 0. The van der Waals surface area contributed by atoms with Crippen LogP contribution in [0.3, 0.4) is 0 Å². The van der Waals surface area contributed by atoms with Crippen molar-refractivity contribution in [1.82, 2.24) is 0 Å². The van der Waals surface area contributed by atoms with Crippen molar-refractivity contribution >= 4 is 11.6 Å². The first kappa shape index (κ1) is 28.1. The van der Waals surface area contributed by atoms with E-state index in [9.17, 15) is 14.7 Å². The number of rotatable bonds is 8. The second kappa shape index (κ2) is 9.28. The van der Waals surface area contributed by atoms with Crippen LogP contribution in [0.1, 0.15) is 79.6 Å². The Labute approximate surface area is 224 Å². The monoisotopic (exact) mass is 536 g/mol. The lowest BCUT2D eigenvalue weighted by Gasteiger charge is -2.63. The van der Waals surface area contributed by atoms with Gasteiger partial charge in [-0.2, -0.15) is 0 Å². The molecule has 1 aliphatic heterocycles. The van der Waals surface area contributed by atoms with E-state index in [1.54, 1.807) is 20.8 Å². The van der Waals surface area contributed by atoms with E-state index in [4.69, 9.17) is 14.2 Å². The molecule has 4 fully saturated rings. The molecule has 8 heteroatoms. The third kappa shape index (κ3) is 3.69. The maximum atomic E-state index is 17.4. The number of hydrogen-bond donors (Lipinski definition) is 1. The van der Waals surface area contributed by atoms with Crippen molar-refractivity contribution in [2.24, 2.45) is 22.7 Å². The number of aliphatic hydroxyl groups excluding tert-OH is 1. The number of carbonyl (C=O) groups is 2. The molecule has 6 nitrogen and oxygen atoms in total. The molecule has 0 spiro atoms. The van der Waals surface area contributed by atoms with Crippen LogP contribution in [0.2, 0.25) is 0 Å². The van der Waals surface area contributed by atoms with Gasteiger partial charge in [-0.25, -0.2) is 8.78 Å². The molecule has 0 aromatic carbocycles. The highest BCUT2D eigenvalue weighted by Gasteiger charge is 2.80.